The lowest BCUT2D eigenvalue weighted by Gasteiger charge is -2.16. The molecule has 0 aliphatic carbocycles. The molecule has 5 nitrogen and oxygen atoms in total. The molecular formula is C12H17N5. The summed E-state index contributed by atoms with van der Waals surface area (Å²) < 4.78 is 0. The molecule has 0 aliphatic heterocycles. The minimum absolute atomic E-state index is 0.0987. The number of hydrogen-bond acceptors (Lipinski definition) is 4. The van der Waals surface area contributed by atoms with E-state index in [9.17, 15) is 0 Å². The third-order valence-electron chi connectivity index (χ3n) is 2.63. The molecule has 0 bridgehead atoms. The van der Waals surface area contributed by atoms with Gasteiger partial charge in [0.2, 0.25) is 0 Å². The smallest absolute Gasteiger partial charge is 0.150 e. The summed E-state index contributed by atoms with van der Waals surface area (Å²) in [4.78, 5) is 11.7. The quantitative estimate of drug-likeness (QED) is 0.754. The zero-order chi connectivity index (χ0) is 12.3. The van der Waals surface area contributed by atoms with Crippen LogP contribution in [0.4, 0.5) is 11.5 Å². The molecule has 0 spiro atoms. The molecule has 1 atom stereocenters. The van der Waals surface area contributed by atoms with Crippen LogP contribution >= 0.6 is 0 Å². The highest BCUT2D eigenvalue weighted by molar-refractivity contribution is 5.61. The van der Waals surface area contributed by atoms with E-state index < -0.39 is 0 Å². The van der Waals surface area contributed by atoms with Gasteiger partial charge in [0.05, 0.1) is 11.7 Å². The molecule has 17 heavy (non-hydrogen) atoms. The van der Waals surface area contributed by atoms with Crippen LogP contribution in [0.1, 0.15) is 30.9 Å². The number of nitrogen functional groups attached to an aromatic ring is 1. The van der Waals surface area contributed by atoms with Crippen LogP contribution in [-0.4, -0.2) is 15.0 Å². The minimum atomic E-state index is 0.0987. The van der Waals surface area contributed by atoms with Crippen LogP contribution in [0.15, 0.2) is 24.5 Å². The summed E-state index contributed by atoms with van der Waals surface area (Å²) in [5.74, 6) is 1.61. The van der Waals surface area contributed by atoms with Gasteiger partial charge in [-0.3, -0.25) is 0 Å². The zero-order valence-electron chi connectivity index (χ0n) is 10.1. The number of nitrogens with one attached hydrogen (secondary N) is 2. The van der Waals surface area contributed by atoms with E-state index in [0.717, 1.165) is 17.9 Å². The second-order valence-electron chi connectivity index (χ2n) is 3.97. The summed E-state index contributed by atoms with van der Waals surface area (Å²) >= 11 is 0. The van der Waals surface area contributed by atoms with Crippen molar-refractivity contribution in [3.63, 3.8) is 0 Å². The monoisotopic (exact) mass is 231 g/mol. The van der Waals surface area contributed by atoms with Gasteiger partial charge >= 0.3 is 0 Å². The maximum absolute atomic E-state index is 5.89. The summed E-state index contributed by atoms with van der Waals surface area (Å²) in [6, 6.07) is 3.86. The summed E-state index contributed by atoms with van der Waals surface area (Å²) in [7, 11) is 0. The van der Waals surface area contributed by atoms with Crippen LogP contribution in [0.3, 0.4) is 0 Å². The Balaban J connectivity index is 2.21. The van der Waals surface area contributed by atoms with Crippen LogP contribution in [0.25, 0.3) is 0 Å². The predicted molar refractivity (Wildman–Crippen MR) is 68.6 cm³/mol. The molecule has 90 valence electrons. The van der Waals surface area contributed by atoms with Gasteiger partial charge in [0.25, 0.3) is 0 Å². The zero-order valence-corrected chi connectivity index (χ0v) is 10.1. The third kappa shape index (κ3) is 2.55. The summed E-state index contributed by atoms with van der Waals surface area (Å²) in [5.41, 5.74) is 7.48. The van der Waals surface area contributed by atoms with Crippen molar-refractivity contribution in [3.8, 4) is 0 Å². The molecule has 0 saturated carbocycles. The Kier molecular flexibility index (Phi) is 3.27. The van der Waals surface area contributed by atoms with E-state index >= 15 is 0 Å². The summed E-state index contributed by atoms with van der Waals surface area (Å²) in [5, 5.41) is 3.31. The fraction of sp³-hybridized carbons (Fsp3) is 0.333. The van der Waals surface area contributed by atoms with E-state index in [1.807, 2.05) is 25.3 Å². The Morgan fingerprint density at radius 2 is 2.29 bits per heavy atom. The van der Waals surface area contributed by atoms with Crippen molar-refractivity contribution in [1.82, 2.24) is 15.0 Å². The number of pyridine rings is 1. The van der Waals surface area contributed by atoms with Crippen molar-refractivity contribution < 1.29 is 0 Å². The van der Waals surface area contributed by atoms with Crippen LogP contribution in [0, 0.1) is 6.92 Å². The van der Waals surface area contributed by atoms with Gasteiger partial charge in [0.1, 0.15) is 11.6 Å². The lowest BCUT2D eigenvalue weighted by molar-refractivity contribution is 0.700. The Morgan fingerprint density at radius 3 is 2.94 bits per heavy atom. The average molecular weight is 231 g/mol. The Labute approximate surface area is 100 Å². The Morgan fingerprint density at radius 1 is 1.47 bits per heavy atom. The average Bonchev–Trinajstić information content (AvgIpc) is 2.84. The number of imidazole rings is 1. The van der Waals surface area contributed by atoms with Crippen molar-refractivity contribution in [2.24, 2.45) is 0 Å². The molecule has 0 radical (unpaired) electrons. The fourth-order valence-corrected chi connectivity index (χ4v) is 1.68. The van der Waals surface area contributed by atoms with Gasteiger partial charge in [-0.2, -0.15) is 0 Å². The lowest BCUT2D eigenvalue weighted by atomic mass is 10.2. The second kappa shape index (κ2) is 4.86. The van der Waals surface area contributed by atoms with Crippen LogP contribution < -0.4 is 11.1 Å². The second-order valence-corrected chi connectivity index (χ2v) is 3.97. The molecule has 2 rings (SSSR count). The number of rotatable bonds is 4. The maximum atomic E-state index is 5.89. The number of aryl methyl sites for hydroxylation is 1. The van der Waals surface area contributed by atoms with E-state index in [4.69, 9.17) is 5.73 Å². The predicted octanol–water partition coefficient (Wildman–Crippen LogP) is 2.26. The molecule has 4 N–H and O–H groups in total. The van der Waals surface area contributed by atoms with Gasteiger partial charge < -0.3 is 16.0 Å². The molecule has 1 unspecified atom stereocenters. The van der Waals surface area contributed by atoms with Crippen molar-refractivity contribution >= 4 is 11.5 Å². The van der Waals surface area contributed by atoms with Gasteiger partial charge in [0.15, 0.2) is 0 Å². The molecule has 2 heterocycles. The maximum Gasteiger partial charge on any atom is 0.150 e. The summed E-state index contributed by atoms with van der Waals surface area (Å²) in [6.07, 6.45) is 4.46. The molecule has 0 amide bonds. The molecule has 0 aliphatic rings. The van der Waals surface area contributed by atoms with E-state index in [-0.39, 0.29) is 6.04 Å². The standard InChI is InChI=1S/C12H17N5/c1-3-10(12-14-6-7-15-12)17-11-9(13)5-4-8(2)16-11/h4-7,10H,3,13H2,1-2H3,(H,14,15)(H,16,17). The van der Waals surface area contributed by atoms with Crippen molar-refractivity contribution in [3.05, 3.63) is 36.0 Å². The number of anilines is 2. The van der Waals surface area contributed by atoms with Crippen LogP contribution in [0.2, 0.25) is 0 Å². The van der Waals surface area contributed by atoms with Crippen LogP contribution in [-0.2, 0) is 0 Å². The van der Waals surface area contributed by atoms with E-state index in [1.165, 1.54) is 0 Å². The number of H-pyrrole nitrogens is 1. The number of aromatic amines is 1. The highest BCUT2D eigenvalue weighted by Gasteiger charge is 2.13. The largest absolute Gasteiger partial charge is 0.396 e. The SMILES string of the molecule is CCC(Nc1nc(C)ccc1N)c1ncc[nH]1. The van der Waals surface area contributed by atoms with Crippen molar-refractivity contribution in [1.29, 1.82) is 0 Å². The number of nitrogens with two attached hydrogens (primary N) is 1. The molecule has 2 aromatic heterocycles. The number of nitrogens with zero attached hydrogens (tertiary/aromatic N) is 2. The molecular weight excluding hydrogens is 214 g/mol. The van der Waals surface area contributed by atoms with Crippen molar-refractivity contribution in [2.45, 2.75) is 26.3 Å². The van der Waals surface area contributed by atoms with E-state index in [1.54, 1.807) is 6.20 Å². The molecule has 0 saturated heterocycles. The first-order chi connectivity index (χ1) is 8.20. The molecule has 0 fully saturated rings. The van der Waals surface area contributed by atoms with Gasteiger partial charge in [-0.1, -0.05) is 6.92 Å². The van der Waals surface area contributed by atoms with E-state index in [2.05, 4.69) is 27.2 Å². The molecule has 0 aromatic carbocycles. The highest BCUT2D eigenvalue weighted by Crippen LogP contribution is 2.22. The van der Waals surface area contributed by atoms with Crippen molar-refractivity contribution in [2.75, 3.05) is 11.1 Å². The Bertz CT molecular complexity index is 478. The fourth-order valence-electron chi connectivity index (χ4n) is 1.68. The molecule has 5 heteroatoms. The number of hydrogen-bond donors (Lipinski definition) is 3. The van der Waals surface area contributed by atoms with Gasteiger partial charge in [0, 0.05) is 18.1 Å². The minimum Gasteiger partial charge on any atom is -0.396 e. The molecule has 2 aromatic rings. The summed E-state index contributed by atoms with van der Waals surface area (Å²) in [6.45, 7) is 4.03. The van der Waals surface area contributed by atoms with Gasteiger partial charge in [-0.15, -0.1) is 0 Å². The van der Waals surface area contributed by atoms with Gasteiger partial charge in [-0.05, 0) is 25.5 Å². The topological polar surface area (TPSA) is 79.6 Å². The van der Waals surface area contributed by atoms with Crippen LogP contribution in [0.5, 0.6) is 0 Å². The Hall–Kier alpha value is -2.04. The highest BCUT2D eigenvalue weighted by atomic mass is 15.1. The first kappa shape index (κ1) is 11.4. The number of aromatic nitrogens is 3. The first-order valence-electron chi connectivity index (χ1n) is 5.69. The normalized spacial score (nSPS) is 12.4. The van der Waals surface area contributed by atoms with Gasteiger partial charge in [-0.25, -0.2) is 9.97 Å². The van der Waals surface area contributed by atoms with E-state index in [0.29, 0.717) is 11.5 Å². The third-order valence-corrected chi connectivity index (χ3v) is 2.63. The first-order valence-corrected chi connectivity index (χ1v) is 5.69. The lowest BCUT2D eigenvalue weighted by Crippen LogP contribution is -2.14.